The molecule has 0 radical (unpaired) electrons. The van der Waals surface area contributed by atoms with E-state index >= 15 is 0 Å². The molecule has 20 heavy (non-hydrogen) atoms. The van der Waals surface area contributed by atoms with Crippen LogP contribution in [0.2, 0.25) is 5.02 Å². The van der Waals surface area contributed by atoms with Gasteiger partial charge in [0, 0.05) is 29.2 Å². The van der Waals surface area contributed by atoms with Crippen LogP contribution in [-0.4, -0.2) is 12.2 Å². The van der Waals surface area contributed by atoms with Crippen LogP contribution in [0.15, 0.2) is 42.5 Å². The molecular formula is C16H18ClNO2. The van der Waals surface area contributed by atoms with E-state index in [1.807, 2.05) is 18.2 Å². The van der Waals surface area contributed by atoms with Crippen LogP contribution in [0, 0.1) is 0 Å². The van der Waals surface area contributed by atoms with Crippen molar-refractivity contribution in [1.29, 1.82) is 0 Å². The third kappa shape index (κ3) is 3.44. The fourth-order valence-electron chi connectivity index (χ4n) is 2.04. The molecule has 106 valence electrons. The second-order valence-corrected chi connectivity index (χ2v) is 5.07. The van der Waals surface area contributed by atoms with E-state index in [2.05, 4.69) is 24.4 Å². The number of phenolic OH excluding ortho intramolecular Hbond substituents is 1. The fraction of sp³-hybridized carbons (Fsp3) is 0.250. The lowest BCUT2D eigenvalue weighted by Crippen LogP contribution is -2.18. The Kier molecular flexibility index (Phi) is 4.88. The van der Waals surface area contributed by atoms with Crippen LogP contribution in [0.25, 0.3) is 0 Å². The molecule has 2 aromatic rings. The maximum Gasteiger partial charge on any atom is 0.162 e. The van der Waals surface area contributed by atoms with Gasteiger partial charge in [-0.3, -0.25) is 0 Å². The van der Waals surface area contributed by atoms with Crippen molar-refractivity contribution in [2.75, 3.05) is 7.11 Å². The number of phenols is 1. The summed E-state index contributed by atoms with van der Waals surface area (Å²) >= 11 is 6.01. The lowest BCUT2D eigenvalue weighted by molar-refractivity contribution is 0.369. The monoisotopic (exact) mass is 291 g/mol. The molecule has 2 rings (SSSR count). The fourth-order valence-corrected chi connectivity index (χ4v) is 2.27. The van der Waals surface area contributed by atoms with Gasteiger partial charge in [0.25, 0.3) is 0 Å². The van der Waals surface area contributed by atoms with Crippen LogP contribution in [0.5, 0.6) is 11.5 Å². The molecule has 0 saturated carbocycles. The molecule has 2 N–H and O–H groups in total. The highest BCUT2D eigenvalue weighted by molar-refractivity contribution is 6.30. The van der Waals surface area contributed by atoms with Gasteiger partial charge in [0.15, 0.2) is 11.5 Å². The zero-order valence-electron chi connectivity index (χ0n) is 11.6. The molecule has 0 bridgehead atoms. The molecule has 0 amide bonds. The molecule has 0 heterocycles. The van der Waals surface area contributed by atoms with Gasteiger partial charge in [0.05, 0.1) is 7.11 Å². The van der Waals surface area contributed by atoms with Gasteiger partial charge >= 0.3 is 0 Å². The SMILES string of the molecule is COc1cc(Cl)cc(CN[C@H](C)c2ccccc2)c1O. The maximum atomic E-state index is 10.1. The molecule has 0 aromatic heterocycles. The number of methoxy groups -OCH3 is 1. The van der Waals surface area contributed by atoms with Crippen molar-refractivity contribution in [3.05, 3.63) is 58.6 Å². The van der Waals surface area contributed by atoms with Crippen molar-refractivity contribution in [2.24, 2.45) is 0 Å². The predicted octanol–water partition coefficient (Wildman–Crippen LogP) is 3.91. The standard InChI is InChI=1S/C16H18ClNO2/c1-11(12-6-4-3-5-7-12)18-10-13-8-14(17)9-15(20-2)16(13)19/h3-9,11,18-19H,10H2,1-2H3/t11-/m1/s1. The first kappa shape index (κ1) is 14.7. The van der Waals surface area contributed by atoms with Crippen molar-refractivity contribution in [2.45, 2.75) is 19.5 Å². The average Bonchev–Trinajstić information content (AvgIpc) is 2.48. The topological polar surface area (TPSA) is 41.5 Å². The number of ether oxygens (including phenoxy) is 1. The molecule has 0 spiro atoms. The number of nitrogens with one attached hydrogen (secondary N) is 1. The number of hydrogen-bond donors (Lipinski definition) is 2. The Hall–Kier alpha value is -1.71. The van der Waals surface area contributed by atoms with E-state index in [0.29, 0.717) is 17.3 Å². The van der Waals surface area contributed by atoms with E-state index in [1.54, 1.807) is 12.1 Å². The lowest BCUT2D eigenvalue weighted by Gasteiger charge is -2.16. The summed E-state index contributed by atoms with van der Waals surface area (Å²) in [5.74, 6) is 0.520. The van der Waals surface area contributed by atoms with E-state index in [9.17, 15) is 5.11 Å². The van der Waals surface area contributed by atoms with Gasteiger partial charge in [0.2, 0.25) is 0 Å². The van der Waals surface area contributed by atoms with Crippen molar-refractivity contribution >= 4 is 11.6 Å². The molecular weight excluding hydrogens is 274 g/mol. The average molecular weight is 292 g/mol. The van der Waals surface area contributed by atoms with Gasteiger partial charge in [-0.25, -0.2) is 0 Å². The van der Waals surface area contributed by atoms with Crippen molar-refractivity contribution in [1.82, 2.24) is 5.32 Å². The van der Waals surface area contributed by atoms with Crippen LogP contribution in [0.1, 0.15) is 24.1 Å². The van der Waals surface area contributed by atoms with E-state index in [-0.39, 0.29) is 11.8 Å². The minimum absolute atomic E-state index is 0.129. The second kappa shape index (κ2) is 6.64. The predicted molar refractivity (Wildman–Crippen MR) is 81.4 cm³/mol. The quantitative estimate of drug-likeness (QED) is 0.878. The lowest BCUT2D eigenvalue weighted by atomic mass is 10.1. The first-order valence-electron chi connectivity index (χ1n) is 6.45. The molecule has 1 atom stereocenters. The summed E-state index contributed by atoms with van der Waals surface area (Å²) < 4.78 is 5.10. The van der Waals surface area contributed by atoms with Crippen LogP contribution >= 0.6 is 11.6 Å². The molecule has 0 saturated heterocycles. The van der Waals surface area contributed by atoms with E-state index in [4.69, 9.17) is 16.3 Å². The number of hydrogen-bond acceptors (Lipinski definition) is 3. The largest absolute Gasteiger partial charge is 0.504 e. The minimum Gasteiger partial charge on any atom is -0.504 e. The van der Waals surface area contributed by atoms with Gasteiger partial charge < -0.3 is 15.2 Å². The molecule has 0 aliphatic heterocycles. The Morgan fingerprint density at radius 2 is 1.95 bits per heavy atom. The molecule has 0 fully saturated rings. The number of benzene rings is 2. The van der Waals surface area contributed by atoms with Crippen LogP contribution in [0.4, 0.5) is 0 Å². The van der Waals surface area contributed by atoms with Crippen molar-refractivity contribution in [3.8, 4) is 11.5 Å². The van der Waals surface area contributed by atoms with E-state index in [1.165, 1.54) is 12.7 Å². The van der Waals surface area contributed by atoms with Crippen LogP contribution in [0.3, 0.4) is 0 Å². The molecule has 0 aliphatic rings. The summed E-state index contributed by atoms with van der Waals surface area (Å²) in [6, 6.07) is 13.7. The summed E-state index contributed by atoms with van der Waals surface area (Å²) in [5.41, 5.74) is 1.91. The van der Waals surface area contributed by atoms with Gasteiger partial charge in [-0.2, -0.15) is 0 Å². The number of rotatable bonds is 5. The smallest absolute Gasteiger partial charge is 0.162 e. The molecule has 0 aliphatic carbocycles. The third-order valence-electron chi connectivity index (χ3n) is 3.24. The normalized spacial score (nSPS) is 12.2. The van der Waals surface area contributed by atoms with Gasteiger partial charge in [-0.15, -0.1) is 0 Å². The van der Waals surface area contributed by atoms with Crippen molar-refractivity contribution < 1.29 is 9.84 Å². The third-order valence-corrected chi connectivity index (χ3v) is 3.46. The number of aromatic hydroxyl groups is 1. The zero-order valence-corrected chi connectivity index (χ0v) is 12.3. The minimum atomic E-state index is 0.129. The summed E-state index contributed by atoms with van der Waals surface area (Å²) in [4.78, 5) is 0. The molecule has 4 heteroatoms. The Balaban J connectivity index is 2.09. The highest BCUT2D eigenvalue weighted by Gasteiger charge is 2.11. The Morgan fingerprint density at radius 1 is 1.25 bits per heavy atom. The summed E-state index contributed by atoms with van der Waals surface area (Å²) in [7, 11) is 1.51. The number of halogens is 1. The highest BCUT2D eigenvalue weighted by atomic mass is 35.5. The van der Waals surface area contributed by atoms with Crippen molar-refractivity contribution in [3.63, 3.8) is 0 Å². The van der Waals surface area contributed by atoms with Crippen LogP contribution < -0.4 is 10.1 Å². The Morgan fingerprint density at radius 3 is 2.60 bits per heavy atom. The van der Waals surface area contributed by atoms with Crippen LogP contribution in [-0.2, 0) is 6.54 Å². The van der Waals surface area contributed by atoms with Gasteiger partial charge in [-0.1, -0.05) is 41.9 Å². The molecule has 3 nitrogen and oxygen atoms in total. The van der Waals surface area contributed by atoms with E-state index < -0.39 is 0 Å². The zero-order chi connectivity index (χ0) is 14.5. The summed E-state index contributed by atoms with van der Waals surface area (Å²) in [5, 5.41) is 14.0. The van der Waals surface area contributed by atoms with E-state index in [0.717, 1.165) is 5.56 Å². The van der Waals surface area contributed by atoms with Gasteiger partial charge in [0.1, 0.15) is 0 Å². The molecule has 2 aromatic carbocycles. The first-order valence-corrected chi connectivity index (χ1v) is 6.83. The molecule has 0 unspecified atom stereocenters. The summed E-state index contributed by atoms with van der Waals surface area (Å²) in [6.45, 7) is 2.59. The Bertz CT molecular complexity index is 572. The Labute approximate surface area is 124 Å². The summed E-state index contributed by atoms with van der Waals surface area (Å²) in [6.07, 6.45) is 0. The highest BCUT2D eigenvalue weighted by Crippen LogP contribution is 2.33. The van der Waals surface area contributed by atoms with Gasteiger partial charge in [-0.05, 0) is 18.6 Å². The maximum absolute atomic E-state index is 10.1. The first-order chi connectivity index (χ1) is 9.61. The second-order valence-electron chi connectivity index (χ2n) is 4.63.